The molecule has 1 aliphatic rings. The summed E-state index contributed by atoms with van der Waals surface area (Å²) in [6.07, 6.45) is 3.18. The molecule has 2 aromatic heterocycles. The maximum absolute atomic E-state index is 12.8. The quantitative estimate of drug-likeness (QED) is 0.674. The molecule has 27 heavy (non-hydrogen) atoms. The van der Waals surface area contributed by atoms with E-state index in [0.29, 0.717) is 37.4 Å². The molecule has 0 atom stereocenters. The maximum Gasteiger partial charge on any atom is 0.243 e. The number of ether oxygens (including phenoxy) is 1. The summed E-state index contributed by atoms with van der Waals surface area (Å²) in [6.45, 7) is 1.35. The van der Waals surface area contributed by atoms with Crippen molar-refractivity contribution in [3.05, 3.63) is 54.5 Å². The highest BCUT2D eigenvalue weighted by molar-refractivity contribution is 7.89. The molecule has 0 saturated carbocycles. The summed E-state index contributed by atoms with van der Waals surface area (Å²) in [5.74, 6) is 0.829. The molecule has 0 amide bonds. The topological polar surface area (TPSA) is 77.3 Å². The van der Waals surface area contributed by atoms with Gasteiger partial charge in [-0.05, 0) is 37.1 Å². The molecule has 0 aliphatic carbocycles. The van der Waals surface area contributed by atoms with Crippen molar-refractivity contribution in [1.82, 2.24) is 18.8 Å². The van der Waals surface area contributed by atoms with Gasteiger partial charge >= 0.3 is 0 Å². The van der Waals surface area contributed by atoms with E-state index in [-0.39, 0.29) is 6.04 Å². The molecule has 0 N–H and O–H groups in total. The highest BCUT2D eigenvalue weighted by Crippen LogP contribution is 2.30. The predicted molar refractivity (Wildman–Crippen MR) is 102 cm³/mol. The minimum Gasteiger partial charge on any atom is -0.377 e. The van der Waals surface area contributed by atoms with E-state index < -0.39 is 10.0 Å². The number of imidazole rings is 1. The van der Waals surface area contributed by atoms with Gasteiger partial charge in [-0.15, -0.1) is 0 Å². The number of hydrogen-bond donors (Lipinski definition) is 0. The number of aromatic nitrogens is 3. The fourth-order valence-electron chi connectivity index (χ4n) is 3.67. The lowest BCUT2D eigenvalue weighted by Gasteiger charge is -2.32. The molecule has 7 nitrogen and oxygen atoms in total. The normalized spacial score (nSPS) is 16.8. The van der Waals surface area contributed by atoms with Gasteiger partial charge in [0.15, 0.2) is 5.65 Å². The standard InChI is InChI=1S/C19H22N4O3S/c1-26-14-18-21-17-8-5-11-20-19(17)23(18)15-9-12-22(13-10-15)27(24,25)16-6-3-2-4-7-16/h2-8,11,15H,9-10,12-14H2,1H3. The van der Waals surface area contributed by atoms with Crippen LogP contribution >= 0.6 is 0 Å². The van der Waals surface area contributed by atoms with E-state index in [0.717, 1.165) is 17.0 Å². The largest absolute Gasteiger partial charge is 0.377 e. The Hall–Kier alpha value is -2.29. The Labute approximate surface area is 158 Å². The fraction of sp³-hybridized carbons (Fsp3) is 0.368. The van der Waals surface area contributed by atoms with Gasteiger partial charge in [0, 0.05) is 32.4 Å². The van der Waals surface area contributed by atoms with Gasteiger partial charge in [-0.25, -0.2) is 18.4 Å². The van der Waals surface area contributed by atoms with Crippen molar-refractivity contribution in [2.24, 2.45) is 0 Å². The first kappa shape index (κ1) is 18.1. The zero-order valence-corrected chi connectivity index (χ0v) is 16.0. The van der Waals surface area contributed by atoms with E-state index >= 15 is 0 Å². The zero-order chi connectivity index (χ0) is 18.9. The van der Waals surface area contributed by atoms with Gasteiger partial charge in [0.2, 0.25) is 10.0 Å². The lowest BCUT2D eigenvalue weighted by molar-refractivity contribution is 0.168. The van der Waals surface area contributed by atoms with Crippen LogP contribution in [0.4, 0.5) is 0 Å². The average Bonchev–Trinajstić information content (AvgIpc) is 3.07. The van der Waals surface area contributed by atoms with Crippen LogP contribution in [0, 0.1) is 0 Å². The van der Waals surface area contributed by atoms with Crippen LogP contribution in [-0.2, 0) is 21.4 Å². The smallest absolute Gasteiger partial charge is 0.243 e. The number of pyridine rings is 1. The Morgan fingerprint density at radius 2 is 1.85 bits per heavy atom. The molecule has 3 heterocycles. The molecule has 0 spiro atoms. The number of piperidine rings is 1. The summed E-state index contributed by atoms with van der Waals surface area (Å²) in [6, 6.07) is 12.6. The Morgan fingerprint density at radius 1 is 1.11 bits per heavy atom. The Morgan fingerprint density at radius 3 is 2.56 bits per heavy atom. The van der Waals surface area contributed by atoms with E-state index in [1.807, 2.05) is 18.2 Å². The van der Waals surface area contributed by atoms with Crippen LogP contribution in [0.25, 0.3) is 11.2 Å². The summed E-state index contributed by atoms with van der Waals surface area (Å²) in [5, 5.41) is 0. The number of rotatable bonds is 5. The van der Waals surface area contributed by atoms with Crippen LogP contribution < -0.4 is 0 Å². The van der Waals surface area contributed by atoms with Crippen molar-refractivity contribution >= 4 is 21.2 Å². The molecule has 1 saturated heterocycles. The molecule has 0 unspecified atom stereocenters. The Kier molecular flexibility index (Phi) is 4.94. The zero-order valence-electron chi connectivity index (χ0n) is 15.2. The second-order valence-electron chi connectivity index (χ2n) is 6.63. The van der Waals surface area contributed by atoms with Gasteiger partial charge in [-0.1, -0.05) is 18.2 Å². The van der Waals surface area contributed by atoms with Gasteiger partial charge in [0.05, 0.1) is 4.90 Å². The van der Waals surface area contributed by atoms with Gasteiger partial charge in [-0.3, -0.25) is 0 Å². The molecule has 8 heteroatoms. The second kappa shape index (κ2) is 7.38. The molecule has 0 bridgehead atoms. The summed E-state index contributed by atoms with van der Waals surface area (Å²) >= 11 is 0. The third kappa shape index (κ3) is 3.36. The lowest BCUT2D eigenvalue weighted by Crippen LogP contribution is -2.39. The van der Waals surface area contributed by atoms with Gasteiger partial charge < -0.3 is 9.30 Å². The van der Waals surface area contributed by atoms with Gasteiger partial charge in [-0.2, -0.15) is 4.31 Å². The molecule has 1 aliphatic heterocycles. The first-order valence-corrected chi connectivity index (χ1v) is 10.4. The average molecular weight is 386 g/mol. The summed E-state index contributed by atoms with van der Waals surface area (Å²) in [4.78, 5) is 9.47. The fourth-order valence-corrected chi connectivity index (χ4v) is 5.16. The third-order valence-corrected chi connectivity index (χ3v) is 6.88. The van der Waals surface area contributed by atoms with Crippen molar-refractivity contribution < 1.29 is 13.2 Å². The first-order valence-electron chi connectivity index (χ1n) is 8.97. The summed E-state index contributed by atoms with van der Waals surface area (Å²) in [5.41, 5.74) is 1.66. The van der Waals surface area contributed by atoms with Crippen molar-refractivity contribution in [2.45, 2.75) is 30.4 Å². The van der Waals surface area contributed by atoms with E-state index in [1.54, 1.807) is 41.9 Å². The SMILES string of the molecule is COCc1nc2cccnc2n1C1CCN(S(=O)(=O)c2ccccc2)CC1. The second-order valence-corrected chi connectivity index (χ2v) is 8.56. The molecule has 142 valence electrons. The molecule has 3 aromatic rings. The highest BCUT2D eigenvalue weighted by atomic mass is 32.2. The number of benzene rings is 1. The molecule has 4 rings (SSSR count). The Bertz CT molecular complexity index is 1030. The third-order valence-electron chi connectivity index (χ3n) is 4.96. The van der Waals surface area contributed by atoms with Crippen molar-refractivity contribution in [3.8, 4) is 0 Å². The van der Waals surface area contributed by atoms with Crippen LogP contribution in [0.15, 0.2) is 53.6 Å². The monoisotopic (exact) mass is 386 g/mol. The van der Waals surface area contributed by atoms with Gasteiger partial charge in [0.1, 0.15) is 17.9 Å². The van der Waals surface area contributed by atoms with Crippen LogP contribution in [-0.4, -0.2) is 47.5 Å². The lowest BCUT2D eigenvalue weighted by atomic mass is 10.1. The van der Waals surface area contributed by atoms with Crippen molar-refractivity contribution in [1.29, 1.82) is 0 Å². The summed E-state index contributed by atoms with van der Waals surface area (Å²) < 4.78 is 34.7. The number of hydrogen-bond acceptors (Lipinski definition) is 5. The van der Waals surface area contributed by atoms with E-state index in [4.69, 9.17) is 4.74 Å². The van der Waals surface area contributed by atoms with Crippen molar-refractivity contribution in [3.63, 3.8) is 0 Å². The molecule has 1 aromatic carbocycles. The van der Waals surface area contributed by atoms with Gasteiger partial charge in [0.25, 0.3) is 0 Å². The van der Waals surface area contributed by atoms with Crippen LogP contribution in [0.5, 0.6) is 0 Å². The molecular weight excluding hydrogens is 364 g/mol. The van der Waals surface area contributed by atoms with Crippen LogP contribution in [0.3, 0.4) is 0 Å². The van der Waals surface area contributed by atoms with Crippen LogP contribution in [0.1, 0.15) is 24.7 Å². The first-order chi connectivity index (χ1) is 13.1. The number of fused-ring (bicyclic) bond motifs is 1. The van der Waals surface area contributed by atoms with Crippen molar-refractivity contribution in [2.75, 3.05) is 20.2 Å². The molecular formula is C19H22N4O3S. The van der Waals surface area contributed by atoms with E-state index in [1.165, 1.54) is 0 Å². The highest BCUT2D eigenvalue weighted by Gasteiger charge is 2.31. The number of sulfonamides is 1. The Balaban J connectivity index is 1.58. The number of nitrogens with zero attached hydrogens (tertiary/aromatic N) is 4. The summed E-state index contributed by atoms with van der Waals surface area (Å²) in [7, 11) is -1.80. The molecule has 1 fully saturated rings. The maximum atomic E-state index is 12.8. The van der Waals surface area contributed by atoms with E-state index in [2.05, 4.69) is 14.5 Å². The predicted octanol–water partition coefficient (Wildman–Crippen LogP) is 2.60. The van der Waals surface area contributed by atoms with Crippen LogP contribution in [0.2, 0.25) is 0 Å². The minimum atomic E-state index is -3.45. The van der Waals surface area contributed by atoms with E-state index in [9.17, 15) is 8.42 Å². The molecule has 0 radical (unpaired) electrons. The number of methoxy groups -OCH3 is 1. The minimum absolute atomic E-state index is 0.150.